The van der Waals surface area contributed by atoms with E-state index in [2.05, 4.69) is 34.7 Å². The number of hydrogen-bond donors (Lipinski definition) is 0. The Morgan fingerprint density at radius 3 is 2.72 bits per heavy atom. The highest BCUT2D eigenvalue weighted by molar-refractivity contribution is 9.10. The average molecular weight is 314 g/mol. The van der Waals surface area contributed by atoms with Crippen molar-refractivity contribution in [2.24, 2.45) is 0 Å². The Morgan fingerprint density at radius 1 is 1.33 bits per heavy atom. The van der Waals surface area contributed by atoms with Gasteiger partial charge in [-0.3, -0.25) is 4.90 Å². The van der Waals surface area contributed by atoms with E-state index >= 15 is 0 Å². The molecule has 0 bridgehead atoms. The molecule has 0 spiro atoms. The summed E-state index contributed by atoms with van der Waals surface area (Å²) in [6.45, 7) is 8.68. The maximum atomic E-state index is 5.75. The molecular weight excluding hydrogens is 294 g/mol. The van der Waals surface area contributed by atoms with Crippen molar-refractivity contribution in [2.45, 2.75) is 19.4 Å². The topological polar surface area (TPSA) is 21.7 Å². The zero-order valence-corrected chi connectivity index (χ0v) is 12.6. The first-order valence-electron chi connectivity index (χ1n) is 6.29. The van der Waals surface area contributed by atoms with Crippen LogP contribution in [0.5, 0.6) is 5.75 Å². The van der Waals surface area contributed by atoms with E-state index in [1.165, 1.54) is 0 Å². The van der Waals surface area contributed by atoms with E-state index in [1.807, 2.05) is 24.3 Å². The van der Waals surface area contributed by atoms with E-state index < -0.39 is 0 Å². The number of halogens is 1. The molecule has 0 aromatic heterocycles. The molecule has 1 fully saturated rings. The molecular formula is C14H20BrNO2. The Morgan fingerprint density at radius 2 is 2.06 bits per heavy atom. The lowest BCUT2D eigenvalue weighted by atomic mass is 10.0. The van der Waals surface area contributed by atoms with Crippen molar-refractivity contribution < 1.29 is 9.47 Å². The zero-order chi connectivity index (χ0) is 13.0. The Bertz CT molecular complexity index is 378. The predicted octanol–water partition coefficient (Wildman–Crippen LogP) is 2.94. The summed E-state index contributed by atoms with van der Waals surface area (Å²) in [7, 11) is 0. The number of hydrogen-bond acceptors (Lipinski definition) is 3. The highest BCUT2D eigenvalue weighted by atomic mass is 79.9. The average Bonchev–Trinajstić information content (AvgIpc) is 2.33. The highest BCUT2D eigenvalue weighted by Crippen LogP contribution is 2.19. The number of ether oxygens (including phenoxy) is 2. The molecule has 0 atom stereocenters. The number of rotatable bonds is 4. The van der Waals surface area contributed by atoms with Gasteiger partial charge in [0.05, 0.1) is 13.2 Å². The normalized spacial score (nSPS) is 19.7. The van der Waals surface area contributed by atoms with Gasteiger partial charge in [-0.1, -0.05) is 15.9 Å². The Balaban J connectivity index is 1.79. The summed E-state index contributed by atoms with van der Waals surface area (Å²) < 4.78 is 12.3. The van der Waals surface area contributed by atoms with E-state index in [1.54, 1.807) is 0 Å². The fourth-order valence-corrected chi connectivity index (χ4v) is 2.37. The minimum absolute atomic E-state index is 0.112. The minimum Gasteiger partial charge on any atom is -0.492 e. The van der Waals surface area contributed by atoms with Crippen molar-refractivity contribution >= 4 is 15.9 Å². The molecule has 0 saturated carbocycles. The van der Waals surface area contributed by atoms with Gasteiger partial charge in [-0.15, -0.1) is 0 Å². The predicted molar refractivity (Wildman–Crippen MR) is 76.1 cm³/mol. The van der Waals surface area contributed by atoms with Crippen LogP contribution in [0, 0.1) is 0 Å². The molecule has 1 aromatic carbocycles. The van der Waals surface area contributed by atoms with Crippen LogP contribution in [0.15, 0.2) is 28.7 Å². The van der Waals surface area contributed by atoms with Gasteiger partial charge in [0, 0.05) is 23.1 Å². The fourth-order valence-electron chi connectivity index (χ4n) is 2.11. The standard InChI is InChI=1S/C14H20BrNO2/c1-14(2)11-17-9-7-16(14)8-10-18-13-5-3-12(15)4-6-13/h3-6H,7-11H2,1-2H3. The summed E-state index contributed by atoms with van der Waals surface area (Å²) in [5, 5.41) is 0. The van der Waals surface area contributed by atoms with Crippen LogP contribution in [0.25, 0.3) is 0 Å². The molecule has 4 heteroatoms. The molecule has 0 unspecified atom stereocenters. The Labute approximate surface area is 117 Å². The van der Waals surface area contributed by atoms with Crippen LogP contribution in [-0.2, 0) is 4.74 Å². The molecule has 0 aliphatic carbocycles. The molecule has 2 rings (SSSR count). The molecule has 1 aliphatic rings. The van der Waals surface area contributed by atoms with Gasteiger partial charge in [0.1, 0.15) is 12.4 Å². The lowest BCUT2D eigenvalue weighted by Gasteiger charge is -2.41. The van der Waals surface area contributed by atoms with Crippen LogP contribution in [0.3, 0.4) is 0 Å². The summed E-state index contributed by atoms with van der Waals surface area (Å²) in [6.07, 6.45) is 0. The van der Waals surface area contributed by atoms with Gasteiger partial charge in [-0.05, 0) is 38.1 Å². The molecule has 0 amide bonds. The van der Waals surface area contributed by atoms with Crippen molar-refractivity contribution in [2.75, 3.05) is 32.9 Å². The summed E-state index contributed by atoms with van der Waals surface area (Å²) in [5.41, 5.74) is 0.112. The first-order chi connectivity index (χ1) is 8.58. The molecule has 0 radical (unpaired) electrons. The SMILES string of the molecule is CC1(C)COCCN1CCOc1ccc(Br)cc1. The minimum atomic E-state index is 0.112. The van der Waals surface area contributed by atoms with E-state index in [4.69, 9.17) is 9.47 Å². The van der Waals surface area contributed by atoms with Gasteiger partial charge >= 0.3 is 0 Å². The maximum Gasteiger partial charge on any atom is 0.119 e. The van der Waals surface area contributed by atoms with Crippen molar-refractivity contribution in [1.82, 2.24) is 4.90 Å². The van der Waals surface area contributed by atoms with Gasteiger partial charge in [-0.25, -0.2) is 0 Å². The third-order valence-electron chi connectivity index (χ3n) is 3.26. The van der Waals surface area contributed by atoms with E-state index in [0.29, 0.717) is 6.61 Å². The lowest BCUT2D eigenvalue weighted by molar-refractivity contribution is -0.0547. The van der Waals surface area contributed by atoms with Crippen LogP contribution in [0.2, 0.25) is 0 Å². The summed E-state index contributed by atoms with van der Waals surface area (Å²) in [6, 6.07) is 7.95. The van der Waals surface area contributed by atoms with Crippen molar-refractivity contribution in [3.63, 3.8) is 0 Å². The Hall–Kier alpha value is -0.580. The summed E-state index contributed by atoms with van der Waals surface area (Å²) in [5.74, 6) is 0.921. The van der Waals surface area contributed by atoms with Gasteiger partial charge < -0.3 is 9.47 Å². The van der Waals surface area contributed by atoms with E-state index in [0.717, 1.165) is 36.5 Å². The highest BCUT2D eigenvalue weighted by Gasteiger charge is 2.29. The monoisotopic (exact) mass is 313 g/mol. The van der Waals surface area contributed by atoms with Crippen LogP contribution in [0.1, 0.15) is 13.8 Å². The zero-order valence-electron chi connectivity index (χ0n) is 11.0. The smallest absolute Gasteiger partial charge is 0.119 e. The number of morpholine rings is 1. The van der Waals surface area contributed by atoms with Gasteiger partial charge in [0.2, 0.25) is 0 Å². The number of nitrogens with zero attached hydrogens (tertiary/aromatic N) is 1. The molecule has 18 heavy (non-hydrogen) atoms. The molecule has 1 saturated heterocycles. The quantitative estimate of drug-likeness (QED) is 0.853. The van der Waals surface area contributed by atoms with Crippen LogP contribution < -0.4 is 4.74 Å². The van der Waals surface area contributed by atoms with Crippen molar-refractivity contribution in [3.05, 3.63) is 28.7 Å². The first kappa shape index (κ1) is 13.8. The van der Waals surface area contributed by atoms with Gasteiger partial charge in [-0.2, -0.15) is 0 Å². The van der Waals surface area contributed by atoms with Gasteiger partial charge in [0.15, 0.2) is 0 Å². The largest absolute Gasteiger partial charge is 0.492 e. The molecule has 100 valence electrons. The maximum absolute atomic E-state index is 5.75. The van der Waals surface area contributed by atoms with Crippen LogP contribution in [0.4, 0.5) is 0 Å². The molecule has 1 aliphatic heterocycles. The summed E-state index contributed by atoms with van der Waals surface area (Å²) in [4.78, 5) is 2.43. The van der Waals surface area contributed by atoms with Gasteiger partial charge in [0.25, 0.3) is 0 Å². The molecule has 0 N–H and O–H groups in total. The molecule has 3 nitrogen and oxygen atoms in total. The second kappa shape index (κ2) is 6.04. The fraction of sp³-hybridized carbons (Fsp3) is 0.571. The second-order valence-corrected chi connectivity index (χ2v) is 6.07. The molecule has 1 aromatic rings. The third-order valence-corrected chi connectivity index (χ3v) is 3.79. The van der Waals surface area contributed by atoms with Crippen molar-refractivity contribution in [3.8, 4) is 5.75 Å². The first-order valence-corrected chi connectivity index (χ1v) is 7.08. The van der Waals surface area contributed by atoms with Crippen molar-refractivity contribution in [1.29, 1.82) is 0 Å². The van der Waals surface area contributed by atoms with E-state index in [9.17, 15) is 0 Å². The number of benzene rings is 1. The lowest BCUT2D eigenvalue weighted by Crippen LogP contribution is -2.54. The Kier molecular flexibility index (Phi) is 4.65. The summed E-state index contributed by atoms with van der Waals surface area (Å²) >= 11 is 3.41. The molecule has 1 heterocycles. The third kappa shape index (κ3) is 3.70. The van der Waals surface area contributed by atoms with Crippen LogP contribution in [-0.4, -0.2) is 43.3 Å². The second-order valence-electron chi connectivity index (χ2n) is 5.15. The van der Waals surface area contributed by atoms with Crippen LogP contribution >= 0.6 is 15.9 Å². The van der Waals surface area contributed by atoms with E-state index in [-0.39, 0.29) is 5.54 Å².